The number of halogens is 3. The average Bonchev–Trinajstić information content (AvgIpc) is 2.96. The van der Waals surface area contributed by atoms with Crippen LogP contribution in [0.1, 0.15) is 39.3 Å². The van der Waals surface area contributed by atoms with Gasteiger partial charge in [0.2, 0.25) is 5.88 Å². The fraction of sp³-hybridized carbons (Fsp3) is 0.615. The van der Waals surface area contributed by atoms with E-state index in [0.29, 0.717) is 0 Å². The van der Waals surface area contributed by atoms with Gasteiger partial charge in [0, 0.05) is 12.1 Å². The molecule has 1 aromatic rings. The number of hydrogen-bond donors (Lipinski definition) is 0. The molecule has 0 spiro atoms. The maximum atomic E-state index is 12.8. The Balaban J connectivity index is 2.30. The van der Waals surface area contributed by atoms with E-state index in [4.69, 9.17) is 9.47 Å². The highest BCUT2D eigenvalue weighted by Crippen LogP contribution is 2.35. The molecule has 1 aliphatic carbocycles. The smallest absolute Gasteiger partial charge is 0.433 e. The molecule has 0 N–H and O–H groups in total. The van der Waals surface area contributed by atoms with Gasteiger partial charge in [-0.05, 0) is 33.6 Å². The summed E-state index contributed by atoms with van der Waals surface area (Å²) < 4.78 is 49.1. The van der Waals surface area contributed by atoms with E-state index < -0.39 is 17.5 Å². The molecule has 1 aliphatic rings. The predicted molar refractivity (Wildman–Crippen MR) is 63.3 cm³/mol. The van der Waals surface area contributed by atoms with Gasteiger partial charge in [-0.3, -0.25) is 0 Å². The molecule has 106 valence electrons. The van der Waals surface area contributed by atoms with Crippen molar-refractivity contribution in [3.8, 4) is 11.6 Å². The predicted octanol–water partition coefficient (Wildman–Crippen LogP) is 3.82. The molecule has 0 bridgehead atoms. The molecular formula is C13H16F3NO2. The van der Waals surface area contributed by atoms with Gasteiger partial charge in [0.25, 0.3) is 0 Å². The van der Waals surface area contributed by atoms with Crippen LogP contribution in [0.2, 0.25) is 0 Å². The zero-order chi connectivity index (χ0) is 14.3. The van der Waals surface area contributed by atoms with Gasteiger partial charge >= 0.3 is 6.18 Å². The summed E-state index contributed by atoms with van der Waals surface area (Å²) in [6, 6.07) is 2.31. The molecule has 3 nitrogen and oxygen atoms in total. The second-order valence-corrected chi connectivity index (χ2v) is 5.56. The lowest BCUT2D eigenvalue weighted by Gasteiger charge is -2.21. The van der Waals surface area contributed by atoms with Crippen LogP contribution < -0.4 is 9.47 Å². The summed E-state index contributed by atoms with van der Waals surface area (Å²) in [5.74, 6) is 0.0852. The Morgan fingerprint density at radius 1 is 1.16 bits per heavy atom. The van der Waals surface area contributed by atoms with Crippen molar-refractivity contribution >= 4 is 0 Å². The number of aromatic nitrogens is 1. The maximum Gasteiger partial charge on any atom is 0.433 e. The lowest BCUT2D eigenvalue weighted by Crippen LogP contribution is -2.24. The van der Waals surface area contributed by atoms with Gasteiger partial charge in [0.05, 0.1) is 6.10 Å². The standard InChI is InChI=1S/C13H16F3NO2/c1-12(2,3)19-11-7-9(18-8-4-5-8)6-10(17-11)13(14,15)16/h6-8H,4-5H2,1-3H3. The molecule has 0 aliphatic heterocycles. The molecular weight excluding hydrogens is 259 g/mol. The van der Waals surface area contributed by atoms with Gasteiger partial charge in [-0.2, -0.15) is 13.2 Å². The van der Waals surface area contributed by atoms with Crippen LogP contribution in [0.25, 0.3) is 0 Å². The van der Waals surface area contributed by atoms with E-state index in [9.17, 15) is 13.2 Å². The molecule has 1 aromatic heterocycles. The summed E-state index contributed by atoms with van der Waals surface area (Å²) in [4.78, 5) is 3.49. The summed E-state index contributed by atoms with van der Waals surface area (Å²) in [6.07, 6.45) is -2.75. The first kappa shape index (κ1) is 14.0. The Morgan fingerprint density at radius 2 is 1.79 bits per heavy atom. The minimum atomic E-state index is -4.51. The first-order valence-electron chi connectivity index (χ1n) is 6.08. The van der Waals surface area contributed by atoms with Crippen LogP contribution in [-0.2, 0) is 6.18 Å². The Morgan fingerprint density at radius 3 is 2.26 bits per heavy atom. The largest absolute Gasteiger partial charge is 0.490 e. The SMILES string of the molecule is CC(C)(C)Oc1cc(OC2CC2)cc(C(F)(F)F)n1. The number of ether oxygens (including phenoxy) is 2. The van der Waals surface area contributed by atoms with Crippen molar-refractivity contribution in [3.63, 3.8) is 0 Å². The van der Waals surface area contributed by atoms with E-state index >= 15 is 0 Å². The molecule has 0 amide bonds. The van der Waals surface area contributed by atoms with Crippen molar-refractivity contribution in [2.75, 3.05) is 0 Å². The molecule has 6 heteroatoms. The molecule has 1 saturated carbocycles. The minimum Gasteiger partial charge on any atom is -0.490 e. The van der Waals surface area contributed by atoms with E-state index in [1.54, 1.807) is 20.8 Å². The second-order valence-electron chi connectivity index (χ2n) is 5.56. The minimum absolute atomic E-state index is 0.0194. The topological polar surface area (TPSA) is 31.4 Å². The first-order chi connectivity index (χ1) is 8.63. The zero-order valence-electron chi connectivity index (χ0n) is 11.0. The Hall–Kier alpha value is -1.46. The third-order valence-corrected chi connectivity index (χ3v) is 2.30. The van der Waals surface area contributed by atoms with E-state index in [1.807, 2.05) is 0 Å². The highest BCUT2D eigenvalue weighted by Gasteiger charge is 2.35. The van der Waals surface area contributed by atoms with Gasteiger partial charge < -0.3 is 9.47 Å². The van der Waals surface area contributed by atoms with Gasteiger partial charge in [-0.25, -0.2) is 4.98 Å². The number of alkyl halides is 3. The molecule has 19 heavy (non-hydrogen) atoms. The Labute approximate surface area is 109 Å². The van der Waals surface area contributed by atoms with Gasteiger partial charge in [0.1, 0.15) is 11.4 Å². The van der Waals surface area contributed by atoms with Crippen molar-refractivity contribution in [1.82, 2.24) is 4.98 Å². The number of pyridine rings is 1. The monoisotopic (exact) mass is 275 g/mol. The van der Waals surface area contributed by atoms with Gasteiger partial charge in [-0.15, -0.1) is 0 Å². The van der Waals surface area contributed by atoms with Crippen molar-refractivity contribution in [1.29, 1.82) is 0 Å². The van der Waals surface area contributed by atoms with Crippen molar-refractivity contribution in [2.45, 2.75) is 51.5 Å². The van der Waals surface area contributed by atoms with E-state index in [-0.39, 0.29) is 17.7 Å². The number of nitrogens with zero attached hydrogens (tertiary/aromatic N) is 1. The summed E-state index contributed by atoms with van der Waals surface area (Å²) in [5.41, 5.74) is -1.61. The third kappa shape index (κ3) is 4.29. The summed E-state index contributed by atoms with van der Waals surface area (Å²) >= 11 is 0. The lowest BCUT2D eigenvalue weighted by atomic mass is 10.2. The molecule has 1 heterocycles. The van der Waals surface area contributed by atoms with Crippen LogP contribution in [0.3, 0.4) is 0 Å². The van der Waals surface area contributed by atoms with E-state index in [0.717, 1.165) is 18.9 Å². The molecule has 0 aromatic carbocycles. The first-order valence-corrected chi connectivity index (χ1v) is 6.08. The second kappa shape index (κ2) is 4.58. The lowest BCUT2D eigenvalue weighted by molar-refractivity contribution is -0.141. The third-order valence-electron chi connectivity index (χ3n) is 2.30. The summed E-state index contributed by atoms with van der Waals surface area (Å²) in [6.45, 7) is 5.24. The van der Waals surface area contributed by atoms with Crippen LogP contribution >= 0.6 is 0 Å². The average molecular weight is 275 g/mol. The summed E-state index contributed by atoms with van der Waals surface area (Å²) in [7, 11) is 0. The fourth-order valence-corrected chi connectivity index (χ4v) is 1.44. The Kier molecular flexibility index (Phi) is 3.36. The normalized spacial score (nSPS) is 16.3. The fourth-order valence-electron chi connectivity index (χ4n) is 1.44. The number of hydrogen-bond acceptors (Lipinski definition) is 3. The molecule has 0 saturated heterocycles. The highest BCUT2D eigenvalue weighted by atomic mass is 19.4. The van der Waals surface area contributed by atoms with E-state index in [1.165, 1.54) is 6.07 Å². The maximum absolute atomic E-state index is 12.8. The molecule has 2 rings (SSSR count). The van der Waals surface area contributed by atoms with Crippen LogP contribution in [0.5, 0.6) is 11.6 Å². The van der Waals surface area contributed by atoms with Crippen molar-refractivity contribution in [2.24, 2.45) is 0 Å². The van der Waals surface area contributed by atoms with Crippen LogP contribution in [0.15, 0.2) is 12.1 Å². The van der Waals surface area contributed by atoms with E-state index in [2.05, 4.69) is 4.98 Å². The highest BCUT2D eigenvalue weighted by molar-refractivity contribution is 5.32. The molecule has 1 fully saturated rings. The quantitative estimate of drug-likeness (QED) is 0.840. The molecule has 0 radical (unpaired) electrons. The molecule has 0 unspecified atom stereocenters. The van der Waals surface area contributed by atoms with Crippen LogP contribution in [-0.4, -0.2) is 16.7 Å². The van der Waals surface area contributed by atoms with Crippen molar-refractivity contribution in [3.05, 3.63) is 17.8 Å². The summed E-state index contributed by atoms with van der Waals surface area (Å²) in [5, 5.41) is 0. The molecule has 0 atom stereocenters. The van der Waals surface area contributed by atoms with Gasteiger partial charge in [0.15, 0.2) is 5.69 Å². The number of rotatable bonds is 3. The Bertz CT molecular complexity index is 462. The van der Waals surface area contributed by atoms with Crippen LogP contribution in [0.4, 0.5) is 13.2 Å². The van der Waals surface area contributed by atoms with Crippen LogP contribution in [0, 0.1) is 0 Å². The van der Waals surface area contributed by atoms with Gasteiger partial charge in [-0.1, -0.05) is 0 Å². The van der Waals surface area contributed by atoms with Crippen molar-refractivity contribution < 1.29 is 22.6 Å². The zero-order valence-corrected chi connectivity index (χ0v) is 11.0.